The Hall–Kier alpha value is -3.99. The highest BCUT2D eigenvalue weighted by atomic mass is 35.5. The lowest BCUT2D eigenvalue weighted by Crippen LogP contribution is -2.51. The molecule has 2 atom stereocenters. The summed E-state index contributed by atoms with van der Waals surface area (Å²) in [5.41, 5.74) is 3.55. The topological polar surface area (TPSA) is 105 Å². The highest BCUT2D eigenvalue weighted by Crippen LogP contribution is 2.27. The number of nitrogens with one attached hydrogen (secondary N) is 2. The van der Waals surface area contributed by atoms with Crippen molar-refractivity contribution in [2.45, 2.75) is 52.4 Å². The summed E-state index contributed by atoms with van der Waals surface area (Å²) < 4.78 is 1.87. The van der Waals surface area contributed by atoms with Crippen LogP contribution in [-0.4, -0.2) is 43.0 Å². The van der Waals surface area contributed by atoms with Crippen LogP contribution in [0.4, 0.5) is 5.69 Å². The number of aromatic nitrogens is 2. The molecule has 1 heterocycles. The lowest BCUT2D eigenvalue weighted by atomic mass is 9.98. The second-order valence-electron chi connectivity index (χ2n) is 10.9. The molecule has 9 nitrogen and oxygen atoms in total. The van der Waals surface area contributed by atoms with E-state index < -0.39 is 4.92 Å². The first kappa shape index (κ1) is 33.9. The number of rotatable bonds is 14. The van der Waals surface area contributed by atoms with E-state index in [2.05, 4.69) is 29.5 Å². The summed E-state index contributed by atoms with van der Waals surface area (Å²) in [5.74, 6) is 0.00266. The van der Waals surface area contributed by atoms with Gasteiger partial charge >= 0.3 is 0 Å². The molecule has 0 saturated carbocycles. The Bertz CT molecular complexity index is 1600. The standard InChI is InChI=1S/C33H36Cl2N6O3S/c1-3-23(2)30(38-31(42)16-28-18-36-22-40(28)19-25-12-14-27(15-13-25)41(43)44)21-39(20-26-10-7-11-29(34)32(26)35)33(45)37-17-24-8-5-4-6-9-24/h4-15,18,22-23,30H,3,16-17,19-21H2,1-2H3,(H,37,45)(H,38,42)/t23-,30+/m0/s1. The van der Waals surface area contributed by atoms with Gasteiger partial charge in [0.2, 0.25) is 5.91 Å². The second kappa shape index (κ2) is 16.4. The molecule has 1 amide bonds. The van der Waals surface area contributed by atoms with E-state index >= 15 is 0 Å². The van der Waals surface area contributed by atoms with Crippen LogP contribution in [0.15, 0.2) is 85.3 Å². The number of non-ortho nitro benzene ring substituents is 1. The molecule has 0 spiro atoms. The number of halogens is 2. The normalized spacial score (nSPS) is 12.3. The molecule has 45 heavy (non-hydrogen) atoms. The van der Waals surface area contributed by atoms with Gasteiger partial charge in [0.05, 0.1) is 27.7 Å². The Kier molecular flexibility index (Phi) is 12.3. The number of carbonyl (C=O) groups is 1. The van der Waals surface area contributed by atoms with Crippen LogP contribution >= 0.6 is 35.4 Å². The summed E-state index contributed by atoms with van der Waals surface area (Å²) >= 11 is 18.8. The van der Waals surface area contributed by atoms with Crippen molar-refractivity contribution in [3.8, 4) is 0 Å². The van der Waals surface area contributed by atoms with E-state index in [0.717, 1.165) is 28.8 Å². The van der Waals surface area contributed by atoms with E-state index in [-0.39, 0.29) is 30.0 Å². The minimum atomic E-state index is -0.429. The van der Waals surface area contributed by atoms with Gasteiger partial charge in [0.1, 0.15) is 0 Å². The van der Waals surface area contributed by atoms with Crippen LogP contribution in [0.25, 0.3) is 0 Å². The molecule has 0 bridgehead atoms. The quantitative estimate of drug-likeness (QED) is 0.0867. The first-order chi connectivity index (χ1) is 21.6. The number of nitro groups is 1. The third kappa shape index (κ3) is 9.75. The third-order valence-corrected chi connectivity index (χ3v) is 8.96. The van der Waals surface area contributed by atoms with Crippen molar-refractivity contribution in [3.63, 3.8) is 0 Å². The molecule has 0 radical (unpaired) electrons. The molecule has 0 unspecified atom stereocenters. The molecule has 2 N–H and O–H groups in total. The van der Waals surface area contributed by atoms with Gasteiger partial charge in [-0.3, -0.25) is 14.9 Å². The van der Waals surface area contributed by atoms with Crippen molar-refractivity contribution < 1.29 is 9.72 Å². The first-order valence-corrected chi connectivity index (χ1v) is 15.8. The fraction of sp³-hybridized carbons (Fsp3) is 0.303. The van der Waals surface area contributed by atoms with Crippen LogP contribution in [0, 0.1) is 16.0 Å². The molecule has 3 aromatic carbocycles. The number of nitro benzene ring substituents is 1. The van der Waals surface area contributed by atoms with Crippen molar-refractivity contribution in [1.29, 1.82) is 0 Å². The summed E-state index contributed by atoms with van der Waals surface area (Å²) in [6.45, 7) is 6.04. The van der Waals surface area contributed by atoms with Crippen molar-refractivity contribution in [2.75, 3.05) is 6.54 Å². The predicted octanol–water partition coefficient (Wildman–Crippen LogP) is 6.80. The number of hydrogen-bond acceptors (Lipinski definition) is 5. The Morgan fingerprint density at radius 3 is 2.49 bits per heavy atom. The predicted molar refractivity (Wildman–Crippen MR) is 182 cm³/mol. The number of imidazole rings is 1. The molecule has 0 saturated heterocycles. The number of carbonyl (C=O) groups excluding carboxylic acids is 1. The molecule has 4 rings (SSSR count). The average Bonchev–Trinajstić information content (AvgIpc) is 3.47. The van der Waals surface area contributed by atoms with Crippen LogP contribution in [0.3, 0.4) is 0 Å². The summed E-state index contributed by atoms with van der Waals surface area (Å²) in [7, 11) is 0. The van der Waals surface area contributed by atoms with Gasteiger partial charge in [0, 0.05) is 56.2 Å². The van der Waals surface area contributed by atoms with Crippen molar-refractivity contribution in [1.82, 2.24) is 25.1 Å². The van der Waals surface area contributed by atoms with Gasteiger partial charge in [-0.1, -0.05) is 98.1 Å². The SMILES string of the molecule is CC[C@H](C)[C@@H](CN(Cc1cccc(Cl)c1Cl)C(=S)NCc1ccccc1)NC(=O)Cc1cncn1Cc1ccc([N+](=O)[O-])cc1. The average molecular weight is 668 g/mol. The first-order valence-electron chi connectivity index (χ1n) is 14.7. The van der Waals surface area contributed by atoms with E-state index in [4.69, 9.17) is 35.4 Å². The Morgan fingerprint density at radius 1 is 1.07 bits per heavy atom. The maximum absolute atomic E-state index is 13.5. The van der Waals surface area contributed by atoms with Crippen LogP contribution in [-0.2, 0) is 30.8 Å². The fourth-order valence-corrected chi connectivity index (χ4v) is 5.44. The molecule has 1 aromatic heterocycles. The summed E-state index contributed by atoms with van der Waals surface area (Å²) in [6, 6.07) is 21.6. The summed E-state index contributed by atoms with van der Waals surface area (Å²) in [4.78, 5) is 30.3. The zero-order valence-electron chi connectivity index (χ0n) is 25.2. The molecule has 4 aromatic rings. The molecule has 0 aliphatic carbocycles. The zero-order valence-corrected chi connectivity index (χ0v) is 27.5. The largest absolute Gasteiger partial charge is 0.358 e. The van der Waals surface area contributed by atoms with Gasteiger partial charge in [0.25, 0.3) is 5.69 Å². The molecular weight excluding hydrogens is 631 g/mol. The van der Waals surface area contributed by atoms with Crippen LogP contribution in [0.5, 0.6) is 0 Å². The molecule has 0 aliphatic heterocycles. The minimum Gasteiger partial charge on any atom is -0.358 e. The van der Waals surface area contributed by atoms with Crippen molar-refractivity contribution >= 4 is 52.1 Å². The number of amides is 1. The highest BCUT2D eigenvalue weighted by molar-refractivity contribution is 7.80. The van der Waals surface area contributed by atoms with E-state index in [1.165, 1.54) is 12.1 Å². The lowest BCUT2D eigenvalue weighted by molar-refractivity contribution is -0.384. The van der Waals surface area contributed by atoms with E-state index in [1.54, 1.807) is 30.7 Å². The molecular formula is C33H36Cl2N6O3S. The number of thiocarbonyl (C=S) groups is 1. The fourth-order valence-electron chi connectivity index (χ4n) is 4.85. The monoisotopic (exact) mass is 666 g/mol. The number of benzene rings is 3. The van der Waals surface area contributed by atoms with Crippen LogP contribution in [0.2, 0.25) is 10.0 Å². The molecule has 0 aliphatic rings. The van der Waals surface area contributed by atoms with Crippen LogP contribution in [0.1, 0.15) is 42.7 Å². The van der Waals surface area contributed by atoms with Crippen molar-refractivity contribution in [3.05, 3.63) is 128 Å². The van der Waals surface area contributed by atoms with Gasteiger partial charge in [-0.05, 0) is 40.9 Å². The van der Waals surface area contributed by atoms with Gasteiger partial charge in [-0.25, -0.2) is 4.98 Å². The molecule has 236 valence electrons. The van der Waals surface area contributed by atoms with E-state index in [9.17, 15) is 14.9 Å². The third-order valence-electron chi connectivity index (χ3n) is 7.70. The maximum atomic E-state index is 13.5. The zero-order chi connectivity index (χ0) is 32.3. The second-order valence-corrected chi connectivity index (χ2v) is 12.1. The van der Waals surface area contributed by atoms with E-state index in [0.29, 0.717) is 41.3 Å². The van der Waals surface area contributed by atoms with Gasteiger partial charge in [-0.2, -0.15) is 0 Å². The maximum Gasteiger partial charge on any atom is 0.269 e. The summed E-state index contributed by atoms with van der Waals surface area (Å²) in [5, 5.41) is 19.1. The Morgan fingerprint density at radius 2 is 1.80 bits per heavy atom. The van der Waals surface area contributed by atoms with Gasteiger partial charge in [0.15, 0.2) is 5.11 Å². The number of nitrogens with zero attached hydrogens (tertiary/aromatic N) is 4. The molecule has 0 fully saturated rings. The molecule has 12 heteroatoms. The lowest BCUT2D eigenvalue weighted by Gasteiger charge is -2.33. The Labute approximate surface area is 278 Å². The minimum absolute atomic E-state index is 0.0292. The highest BCUT2D eigenvalue weighted by Gasteiger charge is 2.24. The smallest absolute Gasteiger partial charge is 0.269 e. The Balaban J connectivity index is 1.48. The van der Waals surface area contributed by atoms with Gasteiger partial charge < -0.3 is 20.1 Å². The summed E-state index contributed by atoms with van der Waals surface area (Å²) in [6.07, 6.45) is 4.29. The number of hydrogen-bond donors (Lipinski definition) is 2. The van der Waals surface area contributed by atoms with Gasteiger partial charge in [-0.15, -0.1) is 0 Å². The van der Waals surface area contributed by atoms with E-state index in [1.807, 2.05) is 51.9 Å². The van der Waals surface area contributed by atoms with Crippen LogP contribution < -0.4 is 10.6 Å². The van der Waals surface area contributed by atoms with Crippen molar-refractivity contribution in [2.24, 2.45) is 5.92 Å².